The Bertz CT molecular complexity index is 810. The number of methoxy groups -OCH3 is 1. The summed E-state index contributed by atoms with van der Waals surface area (Å²) in [6.07, 6.45) is 2.06. The van der Waals surface area contributed by atoms with Gasteiger partial charge in [0, 0.05) is 23.5 Å². The van der Waals surface area contributed by atoms with Crippen LogP contribution < -0.4 is 0 Å². The number of carbonyl (C=O) groups is 2. The van der Waals surface area contributed by atoms with E-state index >= 15 is 0 Å². The van der Waals surface area contributed by atoms with Gasteiger partial charge in [-0.05, 0) is 18.6 Å². The van der Waals surface area contributed by atoms with Gasteiger partial charge in [0.15, 0.2) is 5.71 Å². The maximum Gasteiger partial charge on any atom is 0.356 e. The number of oxime groups is 1. The van der Waals surface area contributed by atoms with Gasteiger partial charge in [0.05, 0.1) is 20.1 Å². The third kappa shape index (κ3) is 2.73. The fraction of sp³-hybridized carbons (Fsp3) is 0.353. The summed E-state index contributed by atoms with van der Waals surface area (Å²) < 4.78 is 9.82. The van der Waals surface area contributed by atoms with E-state index in [4.69, 9.17) is 14.3 Å². The van der Waals surface area contributed by atoms with E-state index in [1.807, 2.05) is 30.5 Å². The molecule has 0 aliphatic carbocycles. The lowest BCUT2D eigenvalue weighted by atomic mass is 9.89. The van der Waals surface area contributed by atoms with Crippen LogP contribution in [0, 0.1) is 0 Å². The number of hydrogen-bond donors (Lipinski definition) is 1. The number of rotatable bonds is 5. The normalized spacial score (nSPS) is 19.7. The summed E-state index contributed by atoms with van der Waals surface area (Å²) in [5, 5.41) is 4.75. The number of H-pyrrole nitrogens is 1. The molecule has 1 unspecified atom stereocenters. The van der Waals surface area contributed by atoms with Crippen molar-refractivity contribution in [1.82, 2.24) is 4.98 Å². The number of nitrogens with zero attached hydrogens (tertiary/aromatic N) is 1. The predicted molar refractivity (Wildman–Crippen MR) is 86.5 cm³/mol. The van der Waals surface area contributed by atoms with Crippen LogP contribution in [0.2, 0.25) is 0 Å². The molecule has 0 fully saturated rings. The summed E-state index contributed by atoms with van der Waals surface area (Å²) in [5.41, 5.74) is 0.567. The van der Waals surface area contributed by atoms with Crippen molar-refractivity contribution in [2.24, 2.45) is 5.16 Å². The van der Waals surface area contributed by atoms with E-state index in [0.717, 1.165) is 16.5 Å². The molecule has 7 heteroatoms. The molecule has 24 heavy (non-hydrogen) atoms. The summed E-state index contributed by atoms with van der Waals surface area (Å²) in [6, 6.07) is 7.74. The molecule has 0 saturated heterocycles. The van der Waals surface area contributed by atoms with E-state index in [2.05, 4.69) is 10.1 Å². The Morgan fingerprint density at radius 2 is 2.17 bits per heavy atom. The first kappa shape index (κ1) is 16.0. The monoisotopic (exact) mass is 330 g/mol. The highest BCUT2D eigenvalue weighted by Gasteiger charge is 2.50. The molecule has 1 atom stereocenters. The summed E-state index contributed by atoms with van der Waals surface area (Å²) in [5.74, 6) is -1.15. The van der Waals surface area contributed by atoms with Gasteiger partial charge in [-0.1, -0.05) is 23.4 Å². The quantitative estimate of drug-likeness (QED) is 0.847. The molecule has 3 rings (SSSR count). The number of aromatic nitrogens is 1. The minimum Gasteiger partial charge on any atom is -0.466 e. The molecule has 126 valence electrons. The molecule has 2 heterocycles. The Balaban J connectivity index is 1.89. The van der Waals surface area contributed by atoms with E-state index in [0.29, 0.717) is 0 Å². The number of ether oxygens (including phenoxy) is 2. The second kappa shape index (κ2) is 6.35. The topological polar surface area (TPSA) is 90.0 Å². The highest BCUT2D eigenvalue weighted by atomic mass is 16.7. The van der Waals surface area contributed by atoms with Crippen LogP contribution in [0.5, 0.6) is 0 Å². The second-order valence-corrected chi connectivity index (χ2v) is 5.55. The maximum atomic E-state index is 12.3. The zero-order valence-corrected chi connectivity index (χ0v) is 13.5. The van der Waals surface area contributed by atoms with Crippen molar-refractivity contribution in [2.75, 3.05) is 13.7 Å². The van der Waals surface area contributed by atoms with Crippen molar-refractivity contribution in [2.45, 2.75) is 25.4 Å². The van der Waals surface area contributed by atoms with Gasteiger partial charge < -0.3 is 19.3 Å². The van der Waals surface area contributed by atoms with Crippen LogP contribution in [-0.2, 0) is 30.3 Å². The molecular weight excluding hydrogens is 312 g/mol. The molecule has 0 bridgehead atoms. The Hall–Kier alpha value is -2.83. The lowest BCUT2D eigenvalue weighted by Crippen LogP contribution is -2.43. The Morgan fingerprint density at radius 1 is 1.38 bits per heavy atom. The van der Waals surface area contributed by atoms with Gasteiger partial charge in [-0.2, -0.15) is 0 Å². The molecule has 7 nitrogen and oxygen atoms in total. The third-order valence-electron chi connectivity index (χ3n) is 4.00. The SMILES string of the molecule is CCOC(=O)C1=NOC(Cc2c[nH]c3ccccc23)(C(=O)OC)C1. The number of carbonyl (C=O) groups excluding carboxylic acids is 2. The minimum absolute atomic E-state index is 0.0119. The summed E-state index contributed by atoms with van der Waals surface area (Å²) in [6.45, 7) is 1.93. The largest absolute Gasteiger partial charge is 0.466 e. The molecule has 2 aromatic rings. The molecule has 1 N–H and O–H groups in total. The molecule has 1 aliphatic rings. The van der Waals surface area contributed by atoms with Gasteiger partial charge in [-0.15, -0.1) is 0 Å². The average Bonchev–Trinajstić information content (AvgIpc) is 3.21. The smallest absolute Gasteiger partial charge is 0.356 e. The number of benzene rings is 1. The molecule has 0 amide bonds. The van der Waals surface area contributed by atoms with Crippen LogP contribution in [0.25, 0.3) is 10.9 Å². The van der Waals surface area contributed by atoms with E-state index < -0.39 is 17.5 Å². The Labute approximate surface area is 138 Å². The highest BCUT2D eigenvalue weighted by Crippen LogP contribution is 2.32. The summed E-state index contributed by atoms with van der Waals surface area (Å²) in [7, 11) is 1.28. The van der Waals surface area contributed by atoms with Crippen LogP contribution in [0.4, 0.5) is 0 Å². The highest BCUT2D eigenvalue weighted by molar-refractivity contribution is 6.37. The van der Waals surface area contributed by atoms with E-state index in [1.165, 1.54) is 7.11 Å². The lowest BCUT2D eigenvalue weighted by Gasteiger charge is -2.23. The zero-order chi connectivity index (χ0) is 17.2. The lowest BCUT2D eigenvalue weighted by molar-refractivity contribution is -0.166. The van der Waals surface area contributed by atoms with Gasteiger partial charge >= 0.3 is 11.9 Å². The molecule has 0 saturated carbocycles. The van der Waals surface area contributed by atoms with Gasteiger partial charge in [-0.3, -0.25) is 0 Å². The van der Waals surface area contributed by atoms with Crippen molar-refractivity contribution >= 4 is 28.6 Å². The van der Waals surface area contributed by atoms with Crippen molar-refractivity contribution in [1.29, 1.82) is 0 Å². The van der Waals surface area contributed by atoms with Crippen LogP contribution in [0.1, 0.15) is 18.9 Å². The molecular formula is C17H18N2O5. The fourth-order valence-corrected chi connectivity index (χ4v) is 2.85. The first-order valence-electron chi connectivity index (χ1n) is 7.65. The van der Waals surface area contributed by atoms with Crippen molar-refractivity contribution in [3.8, 4) is 0 Å². The number of fused-ring (bicyclic) bond motifs is 1. The third-order valence-corrected chi connectivity index (χ3v) is 4.00. The van der Waals surface area contributed by atoms with Gasteiger partial charge in [-0.25, -0.2) is 9.59 Å². The van der Waals surface area contributed by atoms with E-state index in [9.17, 15) is 9.59 Å². The van der Waals surface area contributed by atoms with Crippen molar-refractivity contribution in [3.63, 3.8) is 0 Å². The summed E-state index contributed by atoms with van der Waals surface area (Å²) in [4.78, 5) is 32.8. The number of aromatic amines is 1. The predicted octanol–water partition coefficient (Wildman–Crippen LogP) is 1.96. The van der Waals surface area contributed by atoms with E-state index in [-0.39, 0.29) is 25.2 Å². The Kier molecular flexibility index (Phi) is 4.24. The van der Waals surface area contributed by atoms with Crippen LogP contribution in [-0.4, -0.2) is 42.0 Å². The maximum absolute atomic E-state index is 12.3. The average molecular weight is 330 g/mol. The van der Waals surface area contributed by atoms with E-state index in [1.54, 1.807) is 6.92 Å². The summed E-state index contributed by atoms with van der Waals surface area (Å²) >= 11 is 0. The zero-order valence-electron chi connectivity index (χ0n) is 13.5. The van der Waals surface area contributed by atoms with Gasteiger partial charge in [0.25, 0.3) is 0 Å². The molecule has 0 spiro atoms. The minimum atomic E-state index is -1.36. The number of esters is 2. The fourth-order valence-electron chi connectivity index (χ4n) is 2.85. The van der Waals surface area contributed by atoms with Crippen molar-refractivity contribution in [3.05, 3.63) is 36.0 Å². The van der Waals surface area contributed by atoms with Gasteiger partial charge in [0.2, 0.25) is 5.60 Å². The van der Waals surface area contributed by atoms with Crippen molar-refractivity contribution < 1.29 is 23.9 Å². The molecule has 0 radical (unpaired) electrons. The van der Waals surface area contributed by atoms with Gasteiger partial charge in [0.1, 0.15) is 0 Å². The number of hydrogen-bond acceptors (Lipinski definition) is 6. The Morgan fingerprint density at radius 3 is 2.92 bits per heavy atom. The van der Waals surface area contributed by atoms with Crippen LogP contribution >= 0.6 is 0 Å². The first-order valence-corrected chi connectivity index (χ1v) is 7.65. The molecule has 1 aliphatic heterocycles. The van der Waals surface area contributed by atoms with Crippen LogP contribution in [0.15, 0.2) is 35.6 Å². The molecule has 1 aromatic heterocycles. The first-order chi connectivity index (χ1) is 11.6. The molecule has 1 aromatic carbocycles. The number of para-hydroxylation sites is 1. The van der Waals surface area contributed by atoms with Crippen LogP contribution in [0.3, 0.4) is 0 Å². The standard InChI is InChI=1S/C17H18N2O5/c1-3-23-15(20)14-9-17(24-19-14,16(21)22-2)8-11-10-18-13-7-5-4-6-12(11)13/h4-7,10,18H,3,8-9H2,1-2H3. The second-order valence-electron chi connectivity index (χ2n) is 5.55. The number of nitrogens with one attached hydrogen (secondary N) is 1.